The Kier molecular flexibility index (Phi) is 1.22. The van der Waals surface area contributed by atoms with E-state index in [4.69, 9.17) is 4.65 Å². The van der Waals surface area contributed by atoms with Crippen molar-refractivity contribution in [2.45, 2.75) is 0 Å². The van der Waals surface area contributed by atoms with Gasteiger partial charge in [-0.05, 0) is 6.07 Å². The zero-order valence-corrected chi connectivity index (χ0v) is 6.71. The number of hydrogen-bond acceptors (Lipinski definition) is 3. The molecule has 4 nitrogen and oxygen atoms in total. The van der Waals surface area contributed by atoms with Crippen molar-refractivity contribution in [3.8, 4) is 11.4 Å². The normalized spacial score (nSPS) is 12.3. The van der Waals surface area contributed by atoms with E-state index in [-0.39, 0.29) is 0 Å². The van der Waals surface area contributed by atoms with Crippen LogP contribution in [0.15, 0.2) is 30.9 Å². The first-order chi connectivity index (χ1) is 6.45. The Morgan fingerprint density at radius 3 is 3.38 bits per heavy atom. The monoisotopic (exact) mass is 170 g/mol. The van der Waals surface area contributed by atoms with Crippen molar-refractivity contribution in [1.82, 2.24) is 14.5 Å². The lowest BCUT2D eigenvalue weighted by Crippen LogP contribution is -2.33. The number of rotatable bonds is 0. The molecule has 0 N–H and O–H groups in total. The second-order valence-corrected chi connectivity index (χ2v) is 2.73. The topological polar surface area (TPSA) is 39.9 Å². The van der Waals surface area contributed by atoms with Crippen LogP contribution >= 0.6 is 0 Å². The van der Waals surface area contributed by atoms with Gasteiger partial charge in [0.15, 0.2) is 0 Å². The molecule has 5 heteroatoms. The molecule has 3 rings (SSSR count). The van der Waals surface area contributed by atoms with Gasteiger partial charge in [0.2, 0.25) is 0 Å². The maximum atomic E-state index is 5.36. The molecular formula is C8H5BN3O. The Labute approximate surface area is 75.5 Å². The van der Waals surface area contributed by atoms with E-state index in [1.807, 2.05) is 16.8 Å². The van der Waals surface area contributed by atoms with Crippen LogP contribution < -0.4 is 10.4 Å². The highest BCUT2D eigenvalue weighted by Gasteiger charge is 2.18. The van der Waals surface area contributed by atoms with Crippen LogP contribution in [0.5, 0.6) is 5.75 Å². The van der Waals surface area contributed by atoms with Crippen molar-refractivity contribution in [2.75, 3.05) is 0 Å². The molecule has 13 heavy (non-hydrogen) atoms. The van der Waals surface area contributed by atoms with Gasteiger partial charge >= 0.3 is 7.48 Å². The Morgan fingerprint density at radius 2 is 2.38 bits per heavy atom. The van der Waals surface area contributed by atoms with Gasteiger partial charge in [-0.15, -0.1) is 0 Å². The summed E-state index contributed by atoms with van der Waals surface area (Å²) in [5, 5.41) is 0. The fourth-order valence-electron chi connectivity index (χ4n) is 1.38. The van der Waals surface area contributed by atoms with Gasteiger partial charge in [-0.3, -0.25) is 4.98 Å². The number of fused-ring (bicyclic) bond motifs is 3. The minimum Gasteiger partial charge on any atom is -0.554 e. The number of aromatic nitrogens is 3. The molecule has 1 radical (unpaired) electrons. The molecule has 0 aromatic carbocycles. The average Bonchev–Trinajstić information content (AvgIpc) is 2.65. The summed E-state index contributed by atoms with van der Waals surface area (Å²) in [5.41, 5.74) is 1.72. The summed E-state index contributed by atoms with van der Waals surface area (Å²) < 4.78 is 7.30. The molecule has 1 aliphatic rings. The number of hydrogen-bond donors (Lipinski definition) is 0. The van der Waals surface area contributed by atoms with E-state index in [1.165, 1.54) is 0 Å². The second-order valence-electron chi connectivity index (χ2n) is 2.73. The molecular weight excluding hydrogens is 165 g/mol. The number of nitrogens with zero attached hydrogens (tertiary/aromatic N) is 3. The summed E-state index contributed by atoms with van der Waals surface area (Å²) in [4.78, 5) is 8.14. The lowest BCUT2D eigenvalue weighted by molar-refractivity contribution is 0.584. The molecule has 2 aromatic rings. The predicted octanol–water partition coefficient (Wildman–Crippen LogP) is -0.0958. The smallest absolute Gasteiger partial charge is 0.450 e. The van der Waals surface area contributed by atoms with E-state index in [1.54, 1.807) is 26.1 Å². The fourth-order valence-corrected chi connectivity index (χ4v) is 1.38. The summed E-state index contributed by atoms with van der Waals surface area (Å²) in [6, 6.07) is 1.83. The molecule has 0 unspecified atom stereocenters. The third-order valence-electron chi connectivity index (χ3n) is 1.98. The van der Waals surface area contributed by atoms with Crippen molar-refractivity contribution in [2.24, 2.45) is 0 Å². The van der Waals surface area contributed by atoms with Crippen molar-refractivity contribution in [3.05, 3.63) is 30.9 Å². The Hall–Kier alpha value is -1.78. The summed E-state index contributed by atoms with van der Waals surface area (Å²) in [6.07, 6.45) is 7.08. The minimum atomic E-state index is 0.792. The molecule has 0 saturated carbocycles. The maximum absolute atomic E-state index is 5.36. The molecule has 0 aliphatic carbocycles. The lowest BCUT2D eigenvalue weighted by atomic mass is 9.98. The standard InChI is InChI=1S/C8H5BN3O/c1-2-10-5-6-7(1)13-9-8-11-3-4-12(6)8/h1-5H. The van der Waals surface area contributed by atoms with Gasteiger partial charge in [0, 0.05) is 18.6 Å². The molecule has 0 saturated heterocycles. The van der Waals surface area contributed by atoms with Crippen molar-refractivity contribution in [3.63, 3.8) is 0 Å². The van der Waals surface area contributed by atoms with Gasteiger partial charge < -0.3 is 9.22 Å². The Balaban J connectivity index is 2.30. The molecule has 1 aliphatic heterocycles. The van der Waals surface area contributed by atoms with E-state index in [0.29, 0.717) is 0 Å². The van der Waals surface area contributed by atoms with E-state index in [0.717, 1.165) is 17.2 Å². The first-order valence-electron chi connectivity index (χ1n) is 3.93. The molecule has 0 fully saturated rings. The van der Waals surface area contributed by atoms with Crippen LogP contribution in [0.1, 0.15) is 0 Å². The average molecular weight is 170 g/mol. The fraction of sp³-hybridized carbons (Fsp3) is 0. The SMILES string of the molecule is [B]1Oc2ccncc2-n2ccnc21. The predicted molar refractivity (Wildman–Crippen MR) is 47.4 cm³/mol. The van der Waals surface area contributed by atoms with E-state index < -0.39 is 0 Å². The van der Waals surface area contributed by atoms with Gasteiger partial charge in [-0.25, -0.2) is 4.98 Å². The Morgan fingerprint density at radius 1 is 1.38 bits per heavy atom. The first-order valence-corrected chi connectivity index (χ1v) is 3.93. The zero-order valence-electron chi connectivity index (χ0n) is 6.71. The lowest BCUT2D eigenvalue weighted by Gasteiger charge is -2.17. The van der Waals surface area contributed by atoms with Crippen LogP contribution in [0.25, 0.3) is 5.69 Å². The van der Waals surface area contributed by atoms with Gasteiger partial charge in [-0.2, -0.15) is 0 Å². The quantitative estimate of drug-likeness (QED) is 0.518. The highest BCUT2D eigenvalue weighted by atomic mass is 16.4. The number of imidazole rings is 1. The van der Waals surface area contributed by atoms with Crippen LogP contribution in [0.2, 0.25) is 0 Å². The van der Waals surface area contributed by atoms with Gasteiger partial charge in [0.1, 0.15) is 17.2 Å². The molecule has 2 aromatic heterocycles. The van der Waals surface area contributed by atoms with Gasteiger partial charge in [0.05, 0.1) is 6.20 Å². The largest absolute Gasteiger partial charge is 0.554 e. The third kappa shape index (κ3) is 0.868. The van der Waals surface area contributed by atoms with Crippen LogP contribution in [0.4, 0.5) is 0 Å². The molecule has 0 bridgehead atoms. The van der Waals surface area contributed by atoms with Crippen LogP contribution in [0, 0.1) is 0 Å². The highest BCUT2D eigenvalue weighted by molar-refractivity contribution is 6.46. The second kappa shape index (κ2) is 2.35. The summed E-state index contributed by atoms with van der Waals surface area (Å²) in [5.74, 6) is 0.806. The molecule has 3 heterocycles. The summed E-state index contributed by atoms with van der Waals surface area (Å²) in [7, 11) is 1.63. The maximum Gasteiger partial charge on any atom is 0.450 e. The van der Waals surface area contributed by atoms with Crippen LogP contribution in [-0.2, 0) is 0 Å². The van der Waals surface area contributed by atoms with Crippen molar-refractivity contribution >= 4 is 13.2 Å². The Bertz CT molecular complexity index is 454. The molecule has 0 amide bonds. The van der Waals surface area contributed by atoms with Crippen molar-refractivity contribution < 1.29 is 4.65 Å². The number of pyridine rings is 1. The molecule has 0 spiro atoms. The first kappa shape index (κ1) is 6.71. The molecule has 0 atom stereocenters. The van der Waals surface area contributed by atoms with Crippen LogP contribution in [0.3, 0.4) is 0 Å². The zero-order chi connectivity index (χ0) is 8.67. The highest BCUT2D eigenvalue weighted by Crippen LogP contribution is 2.22. The van der Waals surface area contributed by atoms with Gasteiger partial charge in [-0.1, -0.05) is 0 Å². The summed E-state index contributed by atoms with van der Waals surface area (Å²) >= 11 is 0. The van der Waals surface area contributed by atoms with Gasteiger partial charge in [0.25, 0.3) is 0 Å². The minimum absolute atomic E-state index is 0.792. The van der Waals surface area contributed by atoms with Crippen LogP contribution in [-0.4, -0.2) is 22.0 Å². The van der Waals surface area contributed by atoms with Crippen molar-refractivity contribution in [1.29, 1.82) is 0 Å². The summed E-state index contributed by atoms with van der Waals surface area (Å²) in [6.45, 7) is 0. The van der Waals surface area contributed by atoms with E-state index >= 15 is 0 Å². The third-order valence-corrected chi connectivity index (χ3v) is 1.98. The molecule has 61 valence electrons. The van der Waals surface area contributed by atoms with E-state index in [2.05, 4.69) is 9.97 Å². The van der Waals surface area contributed by atoms with E-state index in [9.17, 15) is 0 Å².